The molecule has 2 amide bonds. The molecule has 1 aliphatic carbocycles. The van der Waals surface area contributed by atoms with Crippen molar-refractivity contribution in [3.05, 3.63) is 70.5 Å². The molecule has 1 saturated heterocycles. The van der Waals surface area contributed by atoms with E-state index < -0.39 is 0 Å². The first-order valence-corrected chi connectivity index (χ1v) is 14.8. The molecule has 1 aromatic heterocycles. The third kappa shape index (κ3) is 6.44. The first kappa shape index (κ1) is 28.2. The Labute approximate surface area is 246 Å². The lowest BCUT2D eigenvalue weighted by atomic mass is 9.94. The van der Waals surface area contributed by atoms with Gasteiger partial charge in [0.1, 0.15) is 5.75 Å². The Hall–Kier alpha value is -3.89. The van der Waals surface area contributed by atoms with E-state index in [9.17, 15) is 9.59 Å². The van der Waals surface area contributed by atoms with Crippen LogP contribution in [0.2, 0.25) is 0 Å². The first-order valence-electron chi connectivity index (χ1n) is 14.8. The summed E-state index contributed by atoms with van der Waals surface area (Å²) in [5, 5.41) is 10.8. The average molecular weight is 574 g/mol. The fourth-order valence-corrected chi connectivity index (χ4v) is 6.22. The van der Waals surface area contributed by atoms with E-state index in [-0.39, 0.29) is 30.5 Å². The predicted molar refractivity (Wildman–Crippen MR) is 156 cm³/mol. The number of H-pyrrole nitrogens is 1. The summed E-state index contributed by atoms with van der Waals surface area (Å²) in [5.41, 5.74) is 5.47. The summed E-state index contributed by atoms with van der Waals surface area (Å²) < 4.78 is 18.1. The van der Waals surface area contributed by atoms with Crippen LogP contribution in [0.3, 0.4) is 0 Å². The van der Waals surface area contributed by atoms with Crippen LogP contribution in [0, 0.1) is 0 Å². The van der Waals surface area contributed by atoms with Crippen molar-refractivity contribution in [2.24, 2.45) is 0 Å². The van der Waals surface area contributed by atoms with Gasteiger partial charge in [0.05, 0.1) is 38.1 Å². The molecular weight excluding hydrogens is 534 g/mol. The van der Waals surface area contributed by atoms with Crippen molar-refractivity contribution in [3.63, 3.8) is 0 Å². The number of hydrogen-bond donors (Lipinski definition) is 2. The lowest BCUT2D eigenvalue weighted by Crippen LogP contribution is -2.47. The summed E-state index contributed by atoms with van der Waals surface area (Å²) >= 11 is 0. The zero-order valence-electron chi connectivity index (χ0n) is 24.4. The molecule has 3 aliphatic rings. The topological polar surface area (TPSA) is 109 Å². The van der Waals surface area contributed by atoms with Crippen molar-refractivity contribution in [1.29, 1.82) is 0 Å². The molecule has 0 radical (unpaired) electrons. The van der Waals surface area contributed by atoms with Crippen molar-refractivity contribution in [2.45, 2.75) is 63.8 Å². The summed E-state index contributed by atoms with van der Waals surface area (Å²) in [6.45, 7) is 1.94. The Morgan fingerprint density at radius 3 is 2.86 bits per heavy atom. The normalized spacial score (nSPS) is 21.2. The molecule has 10 nitrogen and oxygen atoms in total. The molecule has 3 aromatic rings. The third-order valence-corrected chi connectivity index (χ3v) is 8.37. The van der Waals surface area contributed by atoms with Crippen LogP contribution in [-0.2, 0) is 46.7 Å². The summed E-state index contributed by atoms with van der Waals surface area (Å²) in [7, 11) is 3.52. The second kappa shape index (κ2) is 12.5. The molecule has 2 aromatic carbocycles. The number of likely N-dealkylation sites (tertiary alicyclic amines) is 1. The van der Waals surface area contributed by atoms with Crippen LogP contribution in [0.1, 0.15) is 47.3 Å². The highest BCUT2D eigenvalue weighted by Crippen LogP contribution is 2.33. The Kier molecular flexibility index (Phi) is 8.43. The van der Waals surface area contributed by atoms with E-state index in [2.05, 4.69) is 15.5 Å². The van der Waals surface area contributed by atoms with Crippen LogP contribution in [-0.4, -0.2) is 77.7 Å². The fraction of sp³-hybridized carbons (Fsp3) is 0.469. The lowest BCUT2D eigenvalue weighted by molar-refractivity contribution is -0.131. The molecule has 4 bridgehead atoms. The van der Waals surface area contributed by atoms with Crippen LogP contribution >= 0.6 is 0 Å². The molecule has 0 unspecified atom stereocenters. The number of amides is 2. The van der Waals surface area contributed by atoms with E-state index in [4.69, 9.17) is 14.2 Å². The standard InChI is InChI=1S/C32H39N5O5/c1-36-16-21-10-12-28(40-2)29(15-21)42-23-7-5-6-22(14-23)20-41-30-18-37(17-27(30)33-31(38)19-36)32(39)13-11-26-24-8-3-4-9-25(24)34-35-26/h5-7,10,12,14-15,27,30H,3-4,8-9,11,13,16-20H2,1-2H3,(H,33,38)(H,34,35)/t27-,30-/m0/s1. The van der Waals surface area contributed by atoms with Gasteiger partial charge in [0.15, 0.2) is 11.5 Å². The van der Waals surface area contributed by atoms with Crippen LogP contribution in [0.25, 0.3) is 0 Å². The average Bonchev–Trinajstić information content (AvgIpc) is 3.58. The number of aromatic nitrogens is 2. The largest absolute Gasteiger partial charge is 0.493 e. The zero-order chi connectivity index (χ0) is 29.1. The molecule has 222 valence electrons. The maximum atomic E-state index is 13.3. The van der Waals surface area contributed by atoms with E-state index in [1.807, 2.05) is 59.3 Å². The summed E-state index contributed by atoms with van der Waals surface area (Å²) in [6, 6.07) is 13.3. The predicted octanol–water partition coefficient (Wildman–Crippen LogP) is 3.38. The molecule has 0 spiro atoms. The van der Waals surface area contributed by atoms with Gasteiger partial charge in [-0.05, 0) is 73.7 Å². The van der Waals surface area contributed by atoms with Gasteiger partial charge in [-0.25, -0.2) is 0 Å². The Balaban J connectivity index is 1.17. The molecule has 2 N–H and O–H groups in total. The SMILES string of the molecule is COc1ccc2cc1Oc1cccc(c1)CO[C@H]1CN(C(=O)CCc3n[nH]c4c3CCCC4)C[C@@H]1NC(=O)CN(C)C2. The van der Waals surface area contributed by atoms with Crippen molar-refractivity contribution >= 4 is 11.8 Å². The molecule has 3 heterocycles. The summed E-state index contributed by atoms with van der Waals surface area (Å²) in [4.78, 5) is 30.2. The van der Waals surface area contributed by atoms with Gasteiger partial charge in [-0.2, -0.15) is 5.10 Å². The fourth-order valence-electron chi connectivity index (χ4n) is 6.22. The highest BCUT2D eigenvalue weighted by molar-refractivity contribution is 5.79. The van der Waals surface area contributed by atoms with Gasteiger partial charge in [-0.3, -0.25) is 19.6 Å². The highest BCUT2D eigenvalue weighted by Gasteiger charge is 2.37. The van der Waals surface area contributed by atoms with Crippen LogP contribution in [0.15, 0.2) is 42.5 Å². The molecule has 0 saturated carbocycles. The maximum absolute atomic E-state index is 13.3. The monoisotopic (exact) mass is 573 g/mol. The Morgan fingerprint density at radius 1 is 1.10 bits per heavy atom. The van der Waals surface area contributed by atoms with Gasteiger partial charge < -0.3 is 24.4 Å². The highest BCUT2D eigenvalue weighted by atomic mass is 16.5. The number of ether oxygens (including phenoxy) is 3. The van der Waals surface area contributed by atoms with E-state index in [0.29, 0.717) is 56.3 Å². The Morgan fingerprint density at radius 2 is 1.98 bits per heavy atom. The van der Waals surface area contributed by atoms with Crippen LogP contribution in [0.5, 0.6) is 17.2 Å². The van der Waals surface area contributed by atoms with Crippen molar-refractivity contribution in [2.75, 3.05) is 33.8 Å². The number of nitrogens with one attached hydrogen (secondary N) is 2. The number of methoxy groups -OCH3 is 1. The zero-order valence-corrected chi connectivity index (χ0v) is 24.4. The van der Waals surface area contributed by atoms with E-state index in [1.54, 1.807) is 7.11 Å². The molecule has 6 rings (SSSR count). The molecule has 2 atom stereocenters. The van der Waals surface area contributed by atoms with E-state index in [0.717, 1.165) is 29.7 Å². The van der Waals surface area contributed by atoms with E-state index >= 15 is 0 Å². The number of rotatable bonds is 4. The minimum absolute atomic E-state index is 0.0551. The van der Waals surface area contributed by atoms with Gasteiger partial charge in [0, 0.05) is 38.2 Å². The smallest absolute Gasteiger partial charge is 0.234 e. The molecule has 42 heavy (non-hydrogen) atoms. The summed E-state index contributed by atoms with van der Waals surface area (Å²) in [6.07, 6.45) is 5.10. The van der Waals surface area contributed by atoms with E-state index in [1.165, 1.54) is 24.1 Å². The van der Waals surface area contributed by atoms with Gasteiger partial charge in [-0.15, -0.1) is 0 Å². The number of nitrogens with zero attached hydrogens (tertiary/aromatic N) is 3. The number of aromatic amines is 1. The number of aryl methyl sites for hydroxylation is 2. The van der Waals surface area contributed by atoms with Crippen molar-refractivity contribution < 1.29 is 23.8 Å². The molecule has 2 aliphatic heterocycles. The van der Waals surface area contributed by atoms with Crippen molar-refractivity contribution in [1.82, 2.24) is 25.3 Å². The number of likely N-dealkylation sites (N-methyl/N-ethyl adjacent to an activating group) is 1. The first-order chi connectivity index (χ1) is 20.4. The number of hydrogen-bond acceptors (Lipinski definition) is 7. The number of fused-ring (bicyclic) bond motifs is 6. The van der Waals surface area contributed by atoms with Crippen LogP contribution in [0.4, 0.5) is 0 Å². The third-order valence-electron chi connectivity index (χ3n) is 8.37. The second-order valence-electron chi connectivity index (χ2n) is 11.6. The van der Waals surface area contributed by atoms with Crippen molar-refractivity contribution in [3.8, 4) is 17.2 Å². The second-order valence-corrected chi connectivity index (χ2v) is 11.6. The maximum Gasteiger partial charge on any atom is 0.234 e. The quantitative estimate of drug-likeness (QED) is 0.493. The lowest BCUT2D eigenvalue weighted by Gasteiger charge is -2.23. The minimum Gasteiger partial charge on any atom is -0.493 e. The molecule has 10 heteroatoms. The van der Waals surface area contributed by atoms with Gasteiger partial charge in [-0.1, -0.05) is 18.2 Å². The Bertz CT molecular complexity index is 1440. The van der Waals surface area contributed by atoms with Gasteiger partial charge in [0.2, 0.25) is 11.8 Å². The number of carbonyl (C=O) groups is 2. The summed E-state index contributed by atoms with van der Waals surface area (Å²) in [5.74, 6) is 1.87. The van der Waals surface area contributed by atoms with Gasteiger partial charge in [0.25, 0.3) is 0 Å². The molecule has 1 fully saturated rings. The molecular formula is C32H39N5O5. The number of carbonyl (C=O) groups excluding carboxylic acids is 2. The number of benzene rings is 2. The van der Waals surface area contributed by atoms with Crippen LogP contribution < -0.4 is 14.8 Å². The minimum atomic E-state index is -0.327. The van der Waals surface area contributed by atoms with Gasteiger partial charge >= 0.3 is 0 Å².